The van der Waals surface area contributed by atoms with E-state index in [1.54, 1.807) is 11.8 Å². The van der Waals surface area contributed by atoms with Crippen molar-refractivity contribution in [3.05, 3.63) is 45.8 Å². The predicted octanol–water partition coefficient (Wildman–Crippen LogP) is 2.70. The van der Waals surface area contributed by atoms with Crippen molar-refractivity contribution in [2.45, 2.75) is 32.4 Å². The number of anilines is 2. The number of carbonyl (C=O) groups excluding carboxylic acids is 3. The summed E-state index contributed by atoms with van der Waals surface area (Å²) in [5.41, 5.74) is 2.67. The van der Waals surface area contributed by atoms with E-state index in [1.807, 2.05) is 31.2 Å². The number of aryl methyl sites for hydroxylation is 1. The van der Waals surface area contributed by atoms with E-state index in [4.69, 9.17) is 4.74 Å². The maximum Gasteiger partial charge on any atom is 0.341 e. The van der Waals surface area contributed by atoms with E-state index in [9.17, 15) is 22.8 Å². The lowest BCUT2D eigenvalue weighted by molar-refractivity contribution is -0.122. The van der Waals surface area contributed by atoms with Crippen LogP contribution in [0.1, 0.15) is 39.7 Å². The molecule has 0 spiro atoms. The molecule has 32 heavy (non-hydrogen) atoms. The Hall–Kier alpha value is -2.72. The minimum absolute atomic E-state index is 0.0425. The zero-order chi connectivity index (χ0) is 23.0. The third kappa shape index (κ3) is 4.42. The van der Waals surface area contributed by atoms with Gasteiger partial charge in [-0.1, -0.05) is 17.7 Å². The molecule has 1 atom stereocenters. The van der Waals surface area contributed by atoms with Gasteiger partial charge in [-0.2, -0.15) is 0 Å². The number of nitrogens with one attached hydrogen (secondary N) is 1. The molecule has 0 saturated carbocycles. The van der Waals surface area contributed by atoms with E-state index in [1.165, 1.54) is 0 Å². The smallest absolute Gasteiger partial charge is 0.341 e. The number of esters is 1. The summed E-state index contributed by atoms with van der Waals surface area (Å²) in [7, 11) is -3.24. The van der Waals surface area contributed by atoms with Crippen LogP contribution in [-0.2, 0) is 36.3 Å². The number of sulfone groups is 1. The van der Waals surface area contributed by atoms with Crippen molar-refractivity contribution in [2.75, 3.05) is 29.1 Å². The first kappa shape index (κ1) is 22.5. The maximum atomic E-state index is 13.0. The second-order valence-corrected chi connectivity index (χ2v) is 11.3. The average Bonchev–Trinajstić information content (AvgIpc) is 3.28. The molecule has 4 rings (SSSR count). The Morgan fingerprint density at radius 1 is 1.25 bits per heavy atom. The van der Waals surface area contributed by atoms with Crippen molar-refractivity contribution in [3.8, 4) is 0 Å². The lowest BCUT2D eigenvalue weighted by Crippen LogP contribution is -2.28. The fourth-order valence-corrected chi connectivity index (χ4v) is 7.04. The Labute approximate surface area is 190 Å². The molecule has 170 valence electrons. The quantitative estimate of drug-likeness (QED) is 0.665. The van der Waals surface area contributed by atoms with Gasteiger partial charge in [-0.25, -0.2) is 13.2 Å². The largest absolute Gasteiger partial charge is 0.462 e. The number of hydrogen-bond acceptors (Lipinski definition) is 7. The van der Waals surface area contributed by atoms with Crippen molar-refractivity contribution in [1.29, 1.82) is 0 Å². The number of thiophene rings is 1. The molecule has 1 fully saturated rings. The van der Waals surface area contributed by atoms with E-state index in [2.05, 4.69) is 5.32 Å². The molecule has 1 aromatic carbocycles. The van der Waals surface area contributed by atoms with Gasteiger partial charge in [-0.05, 0) is 38.0 Å². The van der Waals surface area contributed by atoms with E-state index in [-0.39, 0.29) is 59.9 Å². The van der Waals surface area contributed by atoms with Gasteiger partial charge >= 0.3 is 5.97 Å². The van der Waals surface area contributed by atoms with Gasteiger partial charge in [0, 0.05) is 23.5 Å². The maximum absolute atomic E-state index is 13.0. The van der Waals surface area contributed by atoms with Gasteiger partial charge in [0.15, 0.2) is 9.84 Å². The molecule has 1 N–H and O–H groups in total. The molecule has 3 heterocycles. The summed E-state index contributed by atoms with van der Waals surface area (Å²) in [6.45, 7) is 4.04. The number of hydrogen-bond donors (Lipinski definition) is 1. The molecular formula is C22H24N2O6S2. The second kappa shape index (κ2) is 8.67. The van der Waals surface area contributed by atoms with Crippen LogP contribution in [0, 0.1) is 12.8 Å². The summed E-state index contributed by atoms with van der Waals surface area (Å²) < 4.78 is 29.3. The predicted molar refractivity (Wildman–Crippen MR) is 122 cm³/mol. The molecular weight excluding hydrogens is 452 g/mol. The van der Waals surface area contributed by atoms with Crippen LogP contribution in [-0.4, -0.2) is 45.1 Å². The van der Waals surface area contributed by atoms with Crippen molar-refractivity contribution in [2.24, 2.45) is 5.92 Å². The summed E-state index contributed by atoms with van der Waals surface area (Å²) >= 11 is 1.09. The molecule has 2 aromatic rings. The first-order valence-corrected chi connectivity index (χ1v) is 13.0. The lowest BCUT2D eigenvalue weighted by Gasteiger charge is -2.17. The van der Waals surface area contributed by atoms with Crippen LogP contribution < -0.4 is 10.2 Å². The van der Waals surface area contributed by atoms with Crippen molar-refractivity contribution < 1.29 is 27.5 Å². The highest BCUT2D eigenvalue weighted by Crippen LogP contribution is 2.39. The summed E-state index contributed by atoms with van der Waals surface area (Å²) in [5.74, 6) is -1.88. The molecule has 1 unspecified atom stereocenters. The molecule has 0 radical (unpaired) electrons. The standard InChI is InChI=1S/C22H24N2O6S2/c1-3-30-22(27)19-16-8-9-32(28,29)12-17(16)31-21(19)23-20(26)14-10-18(25)24(11-14)15-6-4-13(2)5-7-15/h4-7,14H,3,8-12H2,1-2H3,(H,23,26). The van der Waals surface area contributed by atoms with E-state index >= 15 is 0 Å². The second-order valence-electron chi connectivity index (χ2n) is 8.00. The van der Waals surface area contributed by atoms with Gasteiger partial charge in [0.1, 0.15) is 5.00 Å². The molecule has 0 bridgehead atoms. The fraction of sp³-hybridized carbons (Fsp3) is 0.409. The zero-order valence-electron chi connectivity index (χ0n) is 17.8. The van der Waals surface area contributed by atoms with Crippen LogP contribution in [0.15, 0.2) is 24.3 Å². The number of benzene rings is 1. The van der Waals surface area contributed by atoms with Crippen LogP contribution in [0.25, 0.3) is 0 Å². The number of rotatable bonds is 5. The van der Waals surface area contributed by atoms with Gasteiger partial charge in [0.25, 0.3) is 0 Å². The van der Waals surface area contributed by atoms with Crippen LogP contribution in [0.5, 0.6) is 0 Å². The van der Waals surface area contributed by atoms with Gasteiger partial charge in [0.05, 0.1) is 29.6 Å². The highest BCUT2D eigenvalue weighted by molar-refractivity contribution is 7.90. The van der Waals surface area contributed by atoms with Crippen LogP contribution in [0.4, 0.5) is 10.7 Å². The molecule has 10 heteroatoms. The number of carbonyl (C=O) groups is 3. The normalized spacial score (nSPS) is 19.5. The van der Waals surface area contributed by atoms with E-state index in [0.717, 1.165) is 22.6 Å². The Morgan fingerprint density at radius 3 is 2.66 bits per heavy atom. The Morgan fingerprint density at radius 2 is 1.97 bits per heavy atom. The third-order valence-electron chi connectivity index (χ3n) is 5.66. The molecule has 1 aromatic heterocycles. The molecule has 8 nitrogen and oxygen atoms in total. The van der Waals surface area contributed by atoms with Crippen LogP contribution in [0.3, 0.4) is 0 Å². The summed E-state index contributed by atoms with van der Waals surface area (Å²) in [6, 6.07) is 7.51. The van der Waals surface area contributed by atoms with Crippen molar-refractivity contribution >= 4 is 49.6 Å². The van der Waals surface area contributed by atoms with Crippen LogP contribution in [0.2, 0.25) is 0 Å². The van der Waals surface area contributed by atoms with E-state index < -0.39 is 21.7 Å². The summed E-state index contributed by atoms with van der Waals surface area (Å²) in [5, 5.41) is 3.07. The first-order valence-electron chi connectivity index (χ1n) is 10.4. The minimum Gasteiger partial charge on any atom is -0.462 e. The van der Waals surface area contributed by atoms with Crippen molar-refractivity contribution in [3.63, 3.8) is 0 Å². The molecule has 0 aliphatic carbocycles. The van der Waals surface area contributed by atoms with E-state index in [0.29, 0.717) is 10.4 Å². The number of amides is 2. The lowest BCUT2D eigenvalue weighted by atomic mass is 10.1. The fourth-order valence-electron chi connectivity index (χ4n) is 4.00. The molecule has 2 aliphatic heterocycles. The molecule has 1 saturated heterocycles. The topological polar surface area (TPSA) is 110 Å². The summed E-state index contributed by atoms with van der Waals surface area (Å²) in [4.78, 5) is 40.3. The number of fused-ring (bicyclic) bond motifs is 1. The zero-order valence-corrected chi connectivity index (χ0v) is 19.5. The monoisotopic (exact) mass is 476 g/mol. The van der Waals surface area contributed by atoms with Gasteiger partial charge < -0.3 is 15.0 Å². The Kier molecular flexibility index (Phi) is 6.09. The molecule has 2 aliphatic rings. The van der Waals surface area contributed by atoms with Gasteiger partial charge in [-0.3, -0.25) is 9.59 Å². The highest BCUT2D eigenvalue weighted by Gasteiger charge is 2.37. The SMILES string of the molecule is CCOC(=O)c1c(NC(=O)C2CC(=O)N(c3ccc(C)cc3)C2)sc2c1CCS(=O)(=O)C2. The van der Waals surface area contributed by atoms with Crippen LogP contribution >= 0.6 is 11.3 Å². The Bertz CT molecular complexity index is 1180. The molecule has 2 amide bonds. The van der Waals surface area contributed by atoms with Gasteiger partial charge in [-0.15, -0.1) is 11.3 Å². The highest BCUT2D eigenvalue weighted by atomic mass is 32.2. The van der Waals surface area contributed by atoms with Gasteiger partial charge in [0.2, 0.25) is 11.8 Å². The van der Waals surface area contributed by atoms with Crippen molar-refractivity contribution in [1.82, 2.24) is 0 Å². The minimum atomic E-state index is -3.24. The number of ether oxygens (including phenoxy) is 1. The number of nitrogens with zero attached hydrogens (tertiary/aromatic N) is 1. The first-order chi connectivity index (χ1) is 15.2. The average molecular weight is 477 g/mol. The third-order valence-corrected chi connectivity index (χ3v) is 8.55. The Balaban J connectivity index is 1.56. The summed E-state index contributed by atoms with van der Waals surface area (Å²) in [6.07, 6.45) is 0.273.